The maximum atomic E-state index is 12.5. The third kappa shape index (κ3) is 5.11. The lowest BCUT2D eigenvalue weighted by Crippen LogP contribution is -2.63. The minimum absolute atomic E-state index is 0.00254. The molecule has 2 aliphatic rings. The Bertz CT molecular complexity index is 1290. The zero-order valence-corrected chi connectivity index (χ0v) is 23.6. The van der Waals surface area contributed by atoms with Crippen molar-refractivity contribution in [3.8, 4) is 11.4 Å². The van der Waals surface area contributed by atoms with Crippen LogP contribution in [0.25, 0.3) is 11.4 Å². The van der Waals surface area contributed by atoms with Crippen molar-refractivity contribution in [3.05, 3.63) is 65.3 Å². The van der Waals surface area contributed by atoms with Crippen molar-refractivity contribution < 1.29 is 19.2 Å². The Morgan fingerprint density at radius 3 is 2.49 bits per heavy atom. The van der Waals surface area contributed by atoms with E-state index in [-0.39, 0.29) is 18.4 Å². The average Bonchev–Trinajstić information content (AvgIpc) is 3.43. The van der Waals surface area contributed by atoms with E-state index in [1.165, 1.54) is 12.7 Å². The molecule has 0 aliphatic carbocycles. The van der Waals surface area contributed by atoms with E-state index in [0.29, 0.717) is 41.8 Å². The first kappa shape index (κ1) is 27.4. The molecule has 2 aromatic heterocycles. The van der Waals surface area contributed by atoms with Gasteiger partial charge in [-0.15, -0.1) is 0 Å². The second-order valence-corrected chi connectivity index (χ2v) is 11.7. The number of rotatable bonds is 8. The Kier molecular flexibility index (Phi) is 7.59. The van der Waals surface area contributed by atoms with E-state index in [9.17, 15) is 9.90 Å². The molecule has 1 aromatic carbocycles. The van der Waals surface area contributed by atoms with Crippen LogP contribution in [0.1, 0.15) is 68.0 Å². The maximum absolute atomic E-state index is 12.5. The number of aromatic nitrogens is 3. The van der Waals surface area contributed by atoms with Crippen molar-refractivity contribution in [2.75, 3.05) is 46.9 Å². The topological polar surface area (TPSA) is 105 Å². The number of carbonyl (C=O) groups is 1. The number of nitrogens with zero attached hydrogens (tertiary/aromatic N) is 5. The number of piperidine rings is 1. The number of hydrogen-bond donors (Lipinski definition) is 1. The van der Waals surface area contributed by atoms with Crippen molar-refractivity contribution in [1.82, 2.24) is 24.9 Å². The van der Waals surface area contributed by atoms with Gasteiger partial charge in [0, 0.05) is 68.1 Å². The van der Waals surface area contributed by atoms with Crippen LogP contribution in [0.15, 0.2) is 47.2 Å². The highest BCUT2D eigenvalue weighted by Gasteiger charge is 2.55. The van der Waals surface area contributed by atoms with Gasteiger partial charge in [-0.05, 0) is 43.0 Å². The number of aliphatic hydroxyl groups is 1. The molecule has 4 heterocycles. The Balaban J connectivity index is 1.41. The summed E-state index contributed by atoms with van der Waals surface area (Å²) in [7, 11) is 3.60. The van der Waals surface area contributed by atoms with Gasteiger partial charge in [-0.25, -0.2) is 0 Å². The molecule has 2 saturated heterocycles. The first-order valence-electron chi connectivity index (χ1n) is 13.7. The van der Waals surface area contributed by atoms with E-state index < -0.39 is 11.0 Å². The summed E-state index contributed by atoms with van der Waals surface area (Å²) in [6.45, 7) is 9.36. The average molecular weight is 534 g/mol. The Morgan fingerprint density at radius 2 is 1.87 bits per heavy atom. The standard InChI is InChI=1S/C30H39N5O4/c1-20(2)21-6-8-24(9-7-21)30(37,29(3)18-34(4)19-29)25-14-23(15-31-16-25)27-32-28(39-33-27)22-10-12-35(13-11-22)26(36)17-38-5/h6-9,14-16,20,22,37H,10-13,17-19H2,1-5H3. The summed E-state index contributed by atoms with van der Waals surface area (Å²) in [4.78, 5) is 25.4. The Labute approximate surface area is 230 Å². The van der Waals surface area contributed by atoms with Gasteiger partial charge in [-0.3, -0.25) is 9.78 Å². The van der Waals surface area contributed by atoms with Gasteiger partial charge in [-0.2, -0.15) is 4.98 Å². The van der Waals surface area contributed by atoms with Gasteiger partial charge in [0.15, 0.2) is 0 Å². The molecule has 0 bridgehead atoms. The molecule has 0 radical (unpaired) electrons. The number of pyridine rings is 1. The van der Waals surface area contributed by atoms with Gasteiger partial charge in [0.2, 0.25) is 17.6 Å². The molecular formula is C30H39N5O4. The smallest absolute Gasteiger partial charge is 0.248 e. The predicted molar refractivity (Wildman–Crippen MR) is 147 cm³/mol. The van der Waals surface area contributed by atoms with Gasteiger partial charge in [-0.1, -0.05) is 50.2 Å². The minimum atomic E-state index is -1.24. The van der Waals surface area contributed by atoms with E-state index in [4.69, 9.17) is 14.2 Å². The highest BCUT2D eigenvalue weighted by atomic mass is 16.5. The number of hydrogen-bond acceptors (Lipinski definition) is 8. The molecule has 0 spiro atoms. The Morgan fingerprint density at radius 1 is 1.18 bits per heavy atom. The molecule has 9 heteroatoms. The molecule has 3 aromatic rings. The zero-order valence-electron chi connectivity index (χ0n) is 23.6. The van der Waals surface area contributed by atoms with Crippen LogP contribution in [0.2, 0.25) is 0 Å². The van der Waals surface area contributed by atoms with Crippen molar-refractivity contribution in [2.24, 2.45) is 5.41 Å². The SMILES string of the molecule is COCC(=O)N1CCC(c2nc(-c3cncc(C(O)(c4ccc(C(C)C)cc4)C4(C)CN(C)C4)c3)no2)CC1. The summed E-state index contributed by atoms with van der Waals surface area (Å²) >= 11 is 0. The van der Waals surface area contributed by atoms with Crippen LogP contribution in [0, 0.1) is 5.41 Å². The van der Waals surface area contributed by atoms with E-state index in [1.54, 1.807) is 12.4 Å². The lowest BCUT2D eigenvalue weighted by molar-refractivity contribution is -0.136. The van der Waals surface area contributed by atoms with E-state index in [1.807, 2.05) is 23.1 Å². The quantitative estimate of drug-likeness (QED) is 0.466. The molecule has 9 nitrogen and oxygen atoms in total. The number of carbonyl (C=O) groups excluding carboxylic acids is 1. The number of methoxy groups -OCH3 is 1. The third-order valence-electron chi connectivity index (χ3n) is 8.43. The zero-order chi connectivity index (χ0) is 27.8. The largest absolute Gasteiger partial charge is 0.380 e. The fourth-order valence-corrected chi connectivity index (χ4v) is 6.22. The molecule has 2 fully saturated rings. The first-order chi connectivity index (χ1) is 18.6. The molecule has 5 rings (SSSR count). The fourth-order valence-electron chi connectivity index (χ4n) is 6.22. The highest BCUT2D eigenvalue weighted by molar-refractivity contribution is 5.77. The minimum Gasteiger partial charge on any atom is -0.380 e. The Hall–Kier alpha value is -3.14. The molecule has 0 saturated carbocycles. The van der Waals surface area contributed by atoms with Crippen LogP contribution >= 0.6 is 0 Å². The summed E-state index contributed by atoms with van der Waals surface area (Å²) in [5.74, 6) is 1.53. The molecule has 208 valence electrons. The fraction of sp³-hybridized carbons (Fsp3) is 0.533. The molecule has 1 N–H and O–H groups in total. The van der Waals surface area contributed by atoms with Crippen LogP contribution < -0.4 is 0 Å². The van der Waals surface area contributed by atoms with E-state index >= 15 is 0 Å². The molecule has 1 atom stereocenters. The van der Waals surface area contributed by atoms with Crippen LogP contribution in [-0.4, -0.2) is 82.9 Å². The van der Waals surface area contributed by atoms with Gasteiger partial charge in [0.25, 0.3) is 0 Å². The van der Waals surface area contributed by atoms with Crippen molar-refractivity contribution >= 4 is 5.91 Å². The first-order valence-corrected chi connectivity index (χ1v) is 13.7. The third-order valence-corrected chi connectivity index (χ3v) is 8.43. The lowest BCUT2D eigenvalue weighted by atomic mass is 9.62. The summed E-state index contributed by atoms with van der Waals surface area (Å²) in [6.07, 6.45) is 4.97. The van der Waals surface area contributed by atoms with Gasteiger partial charge >= 0.3 is 0 Å². The number of ether oxygens (including phenoxy) is 1. The summed E-state index contributed by atoms with van der Waals surface area (Å²) in [6, 6.07) is 10.2. The summed E-state index contributed by atoms with van der Waals surface area (Å²) < 4.78 is 10.7. The van der Waals surface area contributed by atoms with Gasteiger partial charge < -0.3 is 24.2 Å². The van der Waals surface area contributed by atoms with Crippen LogP contribution in [0.4, 0.5) is 0 Å². The number of amides is 1. The van der Waals surface area contributed by atoms with Crippen LogP contribution in [0.3, 0.4) is 0 Å². The molecule has 1 unspecified atom stereocenters. The second kappa shape index (κ2) is 10.8. The maximum Gasteiger partial charge on any atom is 0.248 e. The predicted octanol–water partition coefficient (Wildman–Crippen LogP) is 3.80. The highest BCUT2D eigenvalue weighted by Crippen LogP contribution is 2.50. The molecule has 1 amide bonds. The van der Waals surface area contributed by atoms with Crippen molar-refractivity contribution in [1.29, 1.82) is 0 Å². The monoisotopic (exact) mass is 533 g/mol. The lowest BCUT2D eigenvalue weighted by Gasteiger charge is -2.55. The second-order valence-electron chi connectivity index (χ2n) is 11.7. The van der Waals surface area contributed by atoms with Crippen LogP contribution in [0.5, 0.6) is 0 Å². The van der Waals surface area contributed by atoms with Crippen LogP contribution in [-0.2, 0) is 15.1 Å². The van der Waals surface area contributed by atoms with Gasteiger partial charge in [0.05, 0.1) is 0 Å². The normalized spacial score (nSPS) is 19.6. The summed E-state index contributed by atoms with van der Waals surface area (Å²) in [5, 5.41) is 16.8. The van der Waals surface area contributed by atoms with Crippen molar-refractivity contribution in [2.45, 2.75) is 51.0 Å². The molecule has 2 aliphatic heterocycles. The number of benzene rings is 1. The van der Waals surface area contributed by atoms with E-state index in [2.05, 4.69) is 55.0 Å². The number of likely N-dealkylation sites (tertiary alicyclic amines) is 2. The summed E-state index contributed by atoms with van der Waals surface area (Å²) in [5.41, 5.74) is 1.86. The molecule has 39 heavy (non-hydrogen) atoms. The molecular weight excluding hydrogens is 494 g/mol. The van der Waals surface area contributed by atoms with E-state index in [0.717, 1.165) is 31.5 Å². The van der Waals surface area contributed by atoms with Gasteiger partial charge in [0.1, 0.15) is 12.2 Å². The van der Waals surface area contributed by atoms with Crippen molar-refractivity contribution in [3.63, 3.8) is 0 Å².